The van der Waals surface area contributed by atoms with E-state index in [1.54, 1.807) is 4.40 Å². The summed E-state index contributed by atoms with van der Waals surface area (Å²) < 4.78 is 10.5. The molecule has 4 heterocycles. The van der Waals surface area contributed by atoms with Gasteiger partial charge in [0, 0.05) is 50.0 Å². The minimum Gasteiger partial charge on any atom is -0.500 e. The minimum atomic E-state index is -1.86. The molecule has 0 saturated heterocycles. The molecule has 1 radical (unpaired) electrons. The van der Waals surface area contributed by atoms with Gasteiger partial charge in [0.25, 0.3) is 0 Å². The van der Waals surface area contributed by atoms with Crippen LogP contribution in [0.5, 0.6) is 0 Å². The van der Waals surface area contributed by atoms with Crippen LogP contribution >= 0.6 is 0 Å². The number of hydrogen-bond acceptors (Lipinski definition) is 4. The molecule has 9 aromatic rings. The third-order valence-corrected chi connectivity index (χ3v) is 16.4. The fourth-order valence-corrected chi connectivity index (χ4v) is 12.3. The molecule has 329 valence electrons. The van der Waals surface area contributed by atoms with Crippen molar-refractivity contribution in [1.82, 2.24) is 19.5 Å². The van der Waals surface area contributed by atoms with E-state index in [1.807, 2.05) is 37.4 Å². The van der Waals surface area contributed by atoms with Crippen molar-refractivity contribution >= 4 is 50.6 Å². The van der Waals surface area contributed by atoms with Crippen molar-refractivity contribution in [1.29, 1.82) is 0 Å². The van der Waals surface area contributed by atoms with Gasteiger partial charge in [-0.3, -0.25) is 9.97 Å². The van der Waals surface area contributed by atoms with Crippen LogP contribution in [0.15, 0.2) is 126 Å². The van der Waals surface area contributed by atoms with Crippen LogP contribution in [0, 0.1) is 31.9 Å². The van der Waals surface area contributed by atoms with Crippen LogP contribution in [-0.2, 0) is 33.1 Å². The van der Waals surface area contributed by atoms with E-state index >= 15 is 0 Å². The predicted octanol–water partition coefficient (Wildman–Crippen LogP) is 14.7. The maximum absolute atomic E-state index is 6.56. The topological polar surface area (TPSA) is 56.7 Å². The summed E-state index contributed by atoms with van der Waals surface area (Å²) in [7, 11) is 0. The molecule has 0 atom stereocenters. The van der Waals surface area contributed by atoms with Gasteiger partial charge in [-0.25, -0.2) is 0 Å². The predicted molar refractivity (Wildman–Crippen MR) is 268 cm³/mol. The molecule has 9 rings (SSSR count). The van der Waals surface area contributed by atoms with E-state index in [-0.39, 0.29) is 20.1 Å². The van der Waals surface area contributed by atoms with Gasteiger partial charge in [-0.15, -0.1) is 17.7 Å². The molecule has 0 unspecified atom stereocenters. The minimum absolute atomic E-state index is 0. The molecule has 0 amide bonds. The van der Waals surface area contributed by atoms with Crippen molar-refractivity contribution in [2.45, 2.75) is 97.5 Å². The van der Waals surface area contributed by atoms with Gasteiger partial charge in [-0.2, -0.15) is 0 Å². The van der Waals surface area contributed by atoms with Crippen molar-refractivity contribution in [3.63, 3.8) is 0 Å². The summed E-state index contributed by atoms with van der Waals surface area (Å²) in [5.41, 5.74) is 16.9. The SMILES string of the molecule is CC(C)Cc1cc(-c2[c-]cccc2)nc[c]1[Ge]([CH3])([CH3])[CH3].Cc1cc2oc3c(-c4nc5ccccc5n4Cc4c(C(C)C)cc(-c5ccccc5)cc4C(C)C)[c-]cc(C)c3c2cn1.[Ir]. The van der Waals surface area contributed by atoms with Crippen LogP contribution in [0.25, 0.3) is 66.7 Å². The molecule has 5 nitrogen and oxygen atoms in total. The average Bonchev–Trinajstić information content (AvgIpc) is 3.82. The molecule has 4 aromatic heterocycles. The second-order valence-electron chi connectivity index (χ2n) is 19.1. The molecule has 64 heavy (non-hydrogen) atoms. The summed E-state index contributed by atoms with van der Waals surface area (Å²) in [5.74, 6) is 9.58. The van der Waals surface area contributed by atoms with E-state index in [4.69, 9.17) is 14.4 Å². The molecule has 0 aliphatic heterocycles. The maximum Gasteiger partial charge on any atom is 0.124 e. The largest absolute Gasteiger partial charge is 0.500 e. The third kappa shape index (κ3) is 9.76. The molecular weight excluding hydrogens is 1020 g/mol. The summed E-state index contributed by atoms with van der Waals surface area (Å²) in [5, 5.41) is 2.10. The van der Waals surface area contributed by atoms with E-state index in [2.05, 4.69) is 179 Å². The Morgan fingerprint density at radius 3 is 2.08 bits per heavy atom. The number of para-hydroxylation sites is 2. The molecule has 0 fully saturated rings. The van der Waals surface area contributed by atoms with E-state index < -0.39 is 13.3 Å². The Morgan fingerprint density at radius 2 is 1.42 bits per heavy atom. The quantitative estimate of drug-likeness (QED) is 0.101. The number of nitrogens with zero attached hydrogens (tertiary/aromatic N) is 4. The van der Waals surface area contributed by atoms with Crippen LogP contribution in [-0.4, -0.2) is 32.8 Å². The first-order valence-corrected chi connectivity index (χ1v) is 29.9. The Hall–Kier alpha value is -5.14. The number of benzene rings is 5. The van der Waals surface area contributed by atoms with E-state index in [1.165, 1.54) is 33.4 Å². The normalized spacial score (nSPS) is 11.8. The molecular formula is C57H60GeIrN4O-2. The zero-order valence-corrected chi connectivity index (χ0v) is 43.7. The molecule has 0 spiro atoms. The number of aryl methyl sites for hydroxylation is 2. The standard InChI is InChI=1S/C39H36N3O.C18H24GeN.Ir/c1-23(2)30-19-28(27-12-8-7-9-13-27)20-31(24(3)4)33(30)22-42-35-15-11-10-14-34(35)41-39(42)29-17-16-25(5)37-32-21-40-26(6)18-36(32)43-38(29)37;1-14(2)11-16-12-18(15-9-7-6-8-10-15)20-13-17(16)19(3,4)5;/h7-16,18-21,23-24H,22H2,1-6H3;6-9,12-14H,11H2,1-5H3;/q2*-1;. The number of pyridine rings is 2. The number of imidazole rings is 1. The zero-order chi connectivity index (χ0) is 44.6. The van der Waals surface area contributed by atoms with Gasteiger partial charge >= 0.3 is 126 Å². The van der Waals surface area contributed by atoms with Gasteiger partial charge in [0.05, 0.1) is 22.4 Å². The van der Waals surface area contributed by atoms with Gasteiger partial charge in [-0.1, -0.05) is 100 Å². The molecule has 0 saturated carbocycles. The van der Waals surface area contributed by atoms with Gasteiger partial charge < -0.3 is 8.98 Å². The zero-order valence-electron chi connectivity index (χ0n) is 39.2. The number of rotatable bonds is 10. The Labute approximate surface area is 396 Å². The summed E-state index contributed by atoms with van der Waals surface area (Å²) in [6.07, 6.45) is 5.20. The second kappa shape index (κ2) is 19.5. The summed E-state index contributed by atoms with van der Waals surface area (Å²) in [6.45, 7) is 18.6. The smallest absolute Gasteiger partial charge is 0.124 e. The van der Waals surface area contributed by atoms with E-state index in [9.17, 15) is 0 Å². The van der Waals surface area contributed by atoms with Crippen molar-refractivity contribution in [2.24, 2.45) is 5.92 Å². The van der Waals surface area contributed by atoms with E-state index in [0.717, 1.165) is 73.3 Å². The summed E-state index contributed by atoms with van der Waals surface area (Å²) in [4.78, 5) is 14.5. The van der Waals surface area contributed by atoms with Crippen molar-refractivity contribution in [2.75, 3.05) is 0 Å². The second-order valence-corrected chi connectivity index (χ2v) is 29.7. The maximum atomic E-state index is 6.56. The van der Waals surface area contributed by atoms with Gasteiger partial charge in [0.15, 0.2) is 0 Å². The number of aromatic nitrogens is 4. The first kappa shape index (κ1) is 46.8. The number of fused-ring (bicyclic) bond motifs is 4. The fraction of sp³-hybridized carbons (Fsp3) is 0.281. The van der Waals surface area contributed by atoms with Crippen LogP contribution in [0.3, 0.4) is 0 Å². The third-order valence-electron chi connectivity index (χ3n) is 12.0. The first-order valence-electron chi connectivity index (χ1n) is 22.5. The Kier molecular flexibility index (Phi) is 14.3. The van der Waals surface area contributed by atoms with Crippen LogP contribution in [0.1, 0.15) is 86.9 Å². The number of hydrogen-bond donors (Lipinski definition) is 0. The summed E-state index contributed by atoms with van der Waals surface area (Å²) >= 11 is -1.86. The number of furan rings is 1. The molecule has 0 aliphatic rings. The monoisotopic (exact) mass is 1080 g/mol. The Morgan fingerprint density at radius 1 is 0.734 bits per heavy atom. The molecule has 7 heteroatoms. The molecule has 0 bridgehead atoms. The van der Waals surface area contributed by atoms with Crippen LogP contribution in [0.4, 0.5) is 0 Å². The van der Waals surface area contributed by atoms with Gasteiger partial charge in [-0.05, 0) is 58.7 Å². The molecule has 0 aliphatic carbocycles. The molecule has 5 aromatic carbocycles. The summed E-state index contributed by atoms with van der Waals surface area (Å²) in [6, 6.07) is 45.2. The van der Waals surface area contributed by atoms with Crippen LogP contribution in [0.2, 0.25) is 17.3 Å². The van der Waals surface area contributed by atoms with Crippen molar-refractivity contribution < 1.29 is 24.5 Å². The Bertz CT molecular complexity index is 3020. The van der Waals surface area contributed by atoms with Crippen LogP contribution < -0.4 is 4.40 Å². The van der Waals surface area contributed by atoms with E-state index in [0.29, 0.717) is 24.3 Å². The fourth-order valence-electron chi connectivity index (χ4n) is 8.94. The van der Waals surface area contributed by atoms with Gasteiger partial charge in [0.1, 0.15) is 5.58 Å². The Balaban J connectivity index is 0.000000246. The van der Waals surface area contributed by atoms with Crippen molar-refractivity contribution in [3.8, 4) is 33.8 Å². The first-order chi connectivity index (χ1) is 30.2. The molecule has 0 N–H and O–H groups in total. The van der Waals surface area contributed by atoms with Gasteiger partial charge in [0.2, 0.25) is 0 Å². The average molecular weight is 1080 g/mol. The van der Waals surface area contributed by atoms with Crippen molar-refractivity contribution in [3.05, 3.63) is 167 Å².